The molecule has 0 aromatic heterocycles. The number of rotatable bonds is 31. The number of hydrogen-bond donors (Lipinski definition) is 0. The van der Waals surface area contributed by atoms with E-state index in [4.69, 9.17) is 9.15 Å². The minimum Gasteiger partial charge on any atom is -0.297 e. The first-order valence-corrected chi connectivity index (χ1v) is 24.8. The Hall–Kier alpha value is 0.354. The molecule has 0 heterocycles. The lowest BCUT2D eigenvalue weighted by Gasteiger charge is -2.51. The molecule has 2 unspecified atom stereocenters. The predicted molar refractivity (Wildman–Crippen MR) is 197 cm³/mol. The van der Waals surface area contributed by atoms with Crippen molar-refractivity contribution in [1.82, 2.24) is 0 Å². The lowest BCUT2D eigenvalue weighted by molar-refractivity contribution is -0.140. The quantitative estimate of drug-likeness (QED) is 0.0330. The second-order valence-corrected chi connectivity index (χ2v) is 23.1. The lowest BCUT2D eigenvalue weighted by atomic mass is 9.89. The second kappa shape index (κ2) is 24.6. The van der Waals surface area contributed by atoms with Gasteiger partial charge >= 0.3 is 0 Å². The topological polar surface area (TPSA) is 18.5 Å². The van der Waals surface area contributed by atoms with Gasteiger partial charge in [0.05, 0.1) is 0 Å². The molecular formula is C38H82O2Si2. The van der Waals surface area contributed by atoms with Gasteiger partial charge in [0.15, 0.2) is 0 Å². The third-order valence-electron chi connectivity index (χ3n) is 11.2. The highest BCUT2D eigenvalue weighted by Crippen LogP contribution is 2.58. The largest absolute Gasteiger partial charge is 0.297 e. The van der Waals surface area contributed by atoms with E-state index in [1.807, 2.05) is 0 Å². The molecule has 42 heavy (non-hydrogen) atoms. The Balaban J connectivity index is 6.89. The Morgan fingerprint density at radius 2 is 0.548 bits per heavy atom. The summed E-state index contributed by atoms with van der Waals surface area (Å²) in [5.74, 6) is 0. The molecule has 0 aromatic rings. The smallest absolute Gasteiger partial charge is 0.240 e. The zero-order chi connectivity index (χ0) is 31.8. The molecule has 0 saturated carbocycles. The summed E-state index contributed by atoms with van der Waals surface area (Å²) >= 11 is 0. The first kappa shape index (κ1) is 42.4. The van der Waals surface area contributed by atoms with E-state index in [0.717, 1.165) is 0 Å². The van der Waals surface area contributed by atoms with Gasteiger partial charge in [-0.15, -0.1) is 0 Å². The van der Waals surface area contributed by atoms with Gasteiger partial charge in [-0.25, -0.2) is 0 Å². The third-order valence-corrected chi connectivity index (χ3v) is 20.9. The summed E-state index contributed by atoms with van der Waals surface area (Å²) in [6.45, 7) is 24.3. The molecule has 0 rings (SSSR count). The van der Waals surface area contributed by atoms with Crippen LogP contribution in [-0.4, -0.2) is 16.6 Å². The lowest BCUT2D eigenvalue weighted by Crippen LogP contribution is -2.55. The van der Waals surface area contributed by atoms with Gasteiger partial charge in [-0.3, -0.25) is 9.15 Å². The van der Waals surface area contributed by atoms with Gasteiger partial charge in [-0.2, -0.15) is 0 Å². The molecule has 0 radical (unpaired) electrons. The van der Waals surface area contributed by atoms with Crippen molar-refractivity contribution in [1.29, 1.82) is 0 Å². The van der Waals surface area contributed by atoms with Gasteiger partial charge in [0, 0.05) is 0 Å². The van der Waals surface area contributed by atoms with Crippen molar-refractivity contribution in [3.63, 3.8) is 0 Å². The SMILES string of the molecule is CCCCC[Si](C)(OO[Si](C)(CCCCC)C(CCCC)(CCCC)CCCC)C(CCCC)(CCCC)CCCC. The molecule has 0 bridgehead atoms. The summed E-state index contributed by atoms with van der Waals surface area (Å²) in [5, 5.41) is 0.695. The average molecular weight is 627 g/mol. The van der Waals surface area contributed by atoms with Crippen LogP contribution in [0.2, 0.25) is 35.3 Å². The monoisotopic (exact) mass is 627 g/mol. The molecule has 0 saturated heterocycles. The van der Waals surface area contributed by atoms with Crippen molar-refractivity contribution < 1.29 is 9.15 Å². The first-order valence-electron chi connectivity index (χ1n) is 19.6. The van der Waals surface area contributed by atoms with E-state index < -0.39 is 16.6 Å². The minimum absolute atomic E-state index is 0.348. The highest BCUT2D eigenvalue weighted by molar-refractivity contribution is 6.78. The highest BCUT2D eigenvalue weighted by atomic mass is 28.4. The molecule has 2 nitrogen and oxygen atoms in total. The summed E-state index contributed by atoms with van der Waals surface area (Å²) in [4.78, 5) is 0. The molecule has 0 aliphatic carbocycles. The van der Waals surface area contributed by atoms with Gasteiger partial charge in [0.25, 0.3) is 0 Å². The maximum absolute atomic E-state index is 7.48. The fourth-order valence-electron chi connectivity index (χ4n) is 7.83. The molecule has 0 aromatic carbocycles. The molecule has 254 valence electrons. The Morgan fingerprint density at radius 3 is 0.738 bits per heavy atom. The second-order valence-electron chi connectivity index (χ2n) is 14.7. The van der Waals surface area contributed by atoms with Gasteiger partial charge in [0.1, 0.15) is 0 Å². The van der Waals surface area contributed by atoms with E-state index in [9.17, 15) is 0 Å². The molecule has 2 atom stereocenters. The standard InChI is InChI=1S/C38H82O2Si2/c1-11-19-27-35-41(9,37(29-21-13-3,30-22-14-4)31-23-15-5)39-40-42(10,36-28-20-12-2)38(32-24-16-6,33-25-17-7)34-26-18-8/h11-36H2,1-10H3. The highest BCUT2D eigenvalue weighted by Gasteiger charge is 2.56. The van der Waals surface area contributed by atoms with Crippen LogP contribution in [0.25, 0.3) is 0 Å². The molecule has 4 heteroatoms. The fourth-order valence-corrected chi connectivity index (χ4v) is 17.0. The number of unbranched alkanes of at least 4 members (excludes halogenated alkanes) is 10. The van der Waals surface area contributed by atoms with Crippen LogP contribution >= 0.6 is 0 Å². The maximum Gasteiger partial charge on any atom is 0.240 e. The van der Waals surface area contributed by atoms with Gasteiger partial charge in [-0.05, 0) is 73.8 Å². The van der Waals surface area contributed by atoms with E-state index in [0.29, 0.717) is 10.1 Å². The average Bonchev–Trinajstić information content (AvgIpc) is 2.99. The van der Waals surface area contributed by atoms with E-state index in [1.165, 1.54) is 166 Å². The third kappa shape index (κ3) is 13.8. The van der Waals surface area contributed by atoms with E-state index >= 15 is 0 Å². The molecule has 0 aliphatic rings. The van der Waals surface area contributed by atoms with Crippen molar-refractivity contribution in [2.24, 2.45) is 0 Å². The molecule has 0 fully saturated rings. The van der Waals surface area contributed by atoms with E-state index in [2.05, 4.69) is 68.5 Å². The fraction of sp³-hybridized carbons (Fsp3) is 1.00. The normalized spacial score (nSPS) is 15.6. The van der Waals surface area contributed by atoms with Gasteiger partial charge in [-0.1, -0.05) is 171 Å². The van der Waals surface area contributed by atoms with Gasteiger partial charge in [0.2, 0.25) is 16.6 Å². The Kier molecular flexibility index (Phi) is 24.8. The van der Waals surface area contributed by atoms with Crippen LogP contribution in [0.4, 0.5) is 0 Å². The zero-order valence-corrected chi connectivity index (χ0v) is 33.2. The van der Waals surface area contributed by atoms with Crippen LogP contribution < -0.4 is 0 Å². The van der Waals surface area contributed by atoms with Crippen LogP contribution in [-0.2, 0) is 9.15 Å². The van der Waals surface area contributed by atoms with Crippen LogP contribution in [0.5, 0.6) is 0 Å². The number of hydrogen-bond acceptors (Lipinski definition) is 2. The molecule has 0 N–H and O–H groups in total. The summed E-state index contributed by atoms with van der Waals surface area (Å²) in [7, 11) is -4.39. The summed E-state index contributed by atoms with van der Waals surface area (Å²) in [5.41, 5.74) is 0. The molecular weight excluding hydrogens is 545 g/mol. The van der Waals surface area contributed by atoms with Crippen LogP contribution in [0, 0.1) is 0 Å². The summed E-state index contributed by atoms with van der Waals surface area (Å²) < 4.78 is 15.0. The Morgan fingerprint density at radius 1 is 0.333 bits per heavy atom. The van der Waals surface area contributed by atoms with Crippen molar-refractivity contribution in [2.75, 3.05) is 0 Å². The summed E-state index contributed by atoms with van der Waals surface area (Å²) in [6, 6.07) is 2.56. The Bertz CT molecular complexity index is 516. The van der Waals surface area contributed by atoms with Crippen LogP contribution in [0.15, 0.2) is 0 Å². The molecule has 0 aliphatic heterocycles. The van der Waals surface area contributed by atoms with E-state index in [-0.39, 0.29) is 0 Å². The van der Waals surface area contributed by atoms with Crippen molar-refractivity contribution in [3.05, 3.63) is 0 Å². The van der Waals surface area contributed by atoms with Crippen LogP contribution in [0.3, 0.4) is 0 Å². The zero-order valence-electron chi connectivity index (χ0n) is 31.2. The van der Waals surface area contributed by atoms with Gasteiger partial charge < -0.3 is 0 Å². The van der Waals surface area contributed by atoms with Crippen LogP contribution in [0.1, 0.15) is 209 Å². The molecule has 0 spiro atoms. The Labute approximate surface area is 269 Å². The van der Waals surface area contributed by atoms with Crippen molar-refractivity contribution in [3.8, 4) is 0 Å². The summed E-state index contributed by atoms with van der Waals surface area (Å²) in [6.07, 6.45) is 31.7. The molecule has 0 amide bonds. The van der Waals surface area contributed by atoms with Crippen molar-refractivity contribution >= 4 is 16.6 Å². The van der Waals surface area contributed by atoms with Crippen molar-refractivity contribution in [2.45, 2.75) is 245 Å². The van der Waals surface area contributed by atoms with E-state index in [1.54, 1.807) is 0 Å². The first-order chi connectivity index (χ1) is 20.2. The minimum atomic E-state index is -2.20. The maximum atomic E-state index is 7.48. The predicted octanol–water partition coefficient (Wildman–Crippen LogP) is 15.1.